The molecule has 0 spiro atoms. The fourth-order valence-electron chi connectivity index (χ4n) is 3.91. The van der Waals surface area contributed by atoms with Gasteiger partial charge >= 0.3 is 0 Å². The molecule has 3 heterocycles. The normalized spacial score (nSPS) is 19.8. The highest BCUT2D eigenvalue weighted by Gasteiger charge is 2.32. The van der Waals surface area contributed by atoms with Gasteiger partial charge in [-0.15, -0.1) is 11.3 Å². The Morgan fingerprint density at radius 2 is 1.80 bits per heavy atom. The first-order valence-electron chi connectivity index (χ1n) is 8.47. The lowest BCUT2D eigenvalue weighted by atomic mass is 9.86. The zero-order valence-electron chi connectivity index (χ0n) is 13.6. The number of fused-ring (bicyclic) bond motifs is 3. The Kier molecular flexibility index (Phi) is 3.40. The average Bonchev–Trinajstić information content (AvgIpc) is 3.30. The average molecular weight is 346 g/mol. The summed E-state index contributed by atoms with van der Waals surface area (Å²) in [4.78, 5) is 5.04. The van der Waals surface area contributed by atoms with E-state index >= 15 is 0 Å². The standard InChI is InChI=1S/C21H18N2OS/c24-14-9-7-13(8-10-14)20-21-19(15-4-1-2-5-17(15)23-21)16(12-22-20)18-6-3-11-25-18/h1-11,16,20,22-24H,12H2. The van der Waals surface area contributed by atoms with E-state index in [1.807, 2.05) is 23.5 Å². The van der Waals surface area contributed by atoms with Crippen molar-refractivity contribution in [3.63, 3.8) is 0 Å². The van der Waals surface area contributed by atoms with Crippen LogP contribution in [0.3, 0.4) is 0 Å². The topological polar surface area (TPSA) is 48.0 Å². The van der Waals surface area contributed by atoms with Crippen LogP contribution in [0.5, 0.6) is 5.75 Å². The van der Waals surface area contributed by atoms with Crippen molar-refractivity contribution in [3.8, 4) is 5.75 Å². The van der Waals surface area contributed by atoms with Crippen molar-refractivity contribution in [2.75, 3.05) is 6.54 Å². The molecular weight excluding hydrogens is 328 g/mol. The molecule has 1 aliphatic rings. The van der Waals surface area contributed by atoms with E-state index in [4.69, 9.17) is 0 Å². The number of hydrogen-bond donors (Lipinski definition) is 3. The van der Waals surface area contributed by atoms with Gasteiger partial charge in [0.1, 0.15) is 5.75 Å². The smallest absolute Gasteiger partial charge is 0.115 e. The molecule has 0 amide bonds. The van der Waals surface area contributed by atoms with Crippen LogP contribution in [0.1, 0.15) is 33.7 Å². The minimum atomic E-state index is 0.110. The molecule has 25 heavy (non-hydrogen) atoms. The van der Waals surface area contributed by atoms with Gasteiger partial charge in [0.2, 0.25) is 0 Å². The zero-order valence-corrected chi connectivity index (χ0v) is 14.4. The first-order chi connectivity index (χ1) is 12.3. The Hall–Kier alpha value is -2.56. The van der Waals surface area contributed by atoms with Gasteiger partial charge in [0.25, 0.3) is 0 Å². The highest BCUT2D eigenvalue weighted by Crippen LogP contribution is 2.42. The van der Waals surface area contributed by atoms with E-state index in [-0.39, 0.29) is 6.04 Å². The van der Waals surface area contributed by atoms with Crippen LogP contribution in [0.15, 0.2) is 66.0 Å². The molecular formula is C21H18N2OS. The molecule has 124 valence electrons. The molecule has 5 rings (SSSR count). The molecule has 0 saturated heterocycles. The Morgan fingerprint density at radius 3 is 2.60 bits per heavy atom. The molecule has 0 radical (unpaired) electrons. The summed E-state index contributed by atoms with van der Waals surface area (Å²) in [5.74, 6) is 0.660. The van der Waals surface area contributed by atoms with Crippen LogP contribution in [0.2, 0.25) is 0 Å². The van der Waals surface area contributed by atoms with E-state index in [0.717, 1.165) is 12.1 Å². The number of H-pyrrole nitrogens is 1. The van der Waals surface area contributed by atoms with Gasteiger partial charge in [0, 0.05) is 33.9 Å². The lowest BCUT2D eigenvalue weighted by Gasteiger charge is -2.30. The second kappa shape index (κ2) is 5.76. The van der Waals surface area contributed by atoms with Gasteiger partial charge in [0.05, 0.1) is 6.04 Å². The van der Waals surface area contributed by atoms with Crippen molar-refractivity contribution in [2.24, 2.45) is 0 Å². The summed E-state index contributed by atoms with van der Waals surface area (Å²) in [5.41, 5.74) is 4.98. The summed E-state index contributed by atoms with van der Waals surface area (Å²) >= 11 is 1.82. The van der Waals surface area contributed by atoms with Gasteiger partial charge in [0.15, 0.2) is 0 Å². The Balaban J connectivity index is 1.71. The quantitative estimate of drug-likeness (QED) is 0.490. The fraction of sp³-hybridized carbons (Fsp3) is 0.143. The third-order valence-electron chi connectivity index (χ3n) is 5.05. The number of phenols is 1. The maximum absolute atomic E-state index is 9.60. The second-order valence-electron chi connectivity index (χ2n) is 6.50. The van der Waals surface area contributed by atoms with E-state index in [0.29, 0.717) is 11.7 Å². The number of benzene rings is 2. The van der Waals surface area contributed by atoms with Gasteiger partial charge in [-0.3, -0.25) is 0 Å². The molecule has 1 aliphatic heterocycles. The Bertz CT molecular complexity index is 1020. The zero-order chi connectivity index (χ0) is 16.8. The predicted octanol–water partition coefficient (Wildman–Crippen LogP) is 4.76. The number of para-hydroxylation sites is 1. The summed E-state index contributed by atoms with van der Waals surface area (Å²) in [6, 6.07) is 20.5. The lowest BCUT2D eigenvalue weighted by molar-refractivity contribution is 0.474. The summed E-state index contributed by atoms with van der Waals surface area (Å²) in [6.45, 7) is 0.904. The molecule has 4 heteroatoms. The van der Waals surface area contributed by atoms with Crippen LogP contribution in [0, 0.1) is 0 Å². The van der Waals surface area contributed by atoms with Crippen molar-refractivity contribution in [1.82, 2.24) is 10.3 Å². The van der Waals surface area contributed by atoms with E-state index in [1.165, 1.54) is 27.0 Å². The van der Waals surface area contributed by atoms with E-state index in [1.54, 1.807) is 12.1 Å². The van der Waals surface area contributed by atoms with Crippen LogP contribution in [-0.2, 0) is 0 Å². The number of aromatic nitrogens is 1. The SMILES string of the molecule is Oc1ccc(C2NCC(c3cccs3)c3c2[nH]c2ccccc32)cc1. The third-order valence-corrected chi connectivity index (χ3v) is 6.04. The molecule has 2 atom stereocenters. The first kappa shape index (κ1) is 14.8. The van der Waals surface area contributed by atoms with Crippen LogP contribution >= 0.6 is 11.3 Å². The fourth-order valence-corrected chi connectivity index (χ4v) is 4.75. The summed E-state index contributed by atoms with van der Waals surface area (Å²) in [6.07, 6.45) is 0. The molecule has 2 aromatic heterocycles. The van der Waals surface area contributed by atoms with Crippen LogP contribution in [0.25, 0.3) is 10.9 Å². The maximum atomic E-state index is 9.60. The number of phenolic OH excluding ortho intramolecular Hbond substituents is 1. The molecule has 2 unspecified atom stereocenters. The van der Waals surface area contributed by atoms with Crippen molar-refractivity contribution < 1.29 is 5.11 Å². The summed E-state index contributed by atoms with van der Waals surface area (Å²) in [7, 11) is 0. The van der Waals surface area contributed by atoms with Crippen molar-refractivity contribution in [3.05, 3.63) is 87.7 Å². The van der Waals surface area contributed by atoms with Crippen LogP contribution in [0.4, 0.5) is 0 Å². The molecule has 0 aliphatic carbocycles. The first-order valence-corrected chi connectivity index (χ1v) is 9.35. The predicted molar refractivity (Wildman–Crippen MR) is 102 cm³/mol. The van der Waals surface area contributed by atoms with Gasteiger partial charge in [-0.1, -0.05) is 36.4 Å². The highest BCUT2D eigenvalue weighted by molar-refractivity contribution is 7.10. The van der Waals surface area contributed by atoms with Gasteiger partial charge < -0.3 is 15.4 Å². The maximum Gasteiger partial charge on any atom is 0.115 e. The van der Waals surface area contributed by atoms with Crippen molar-refractivity contribution in [1.29, 1.82) is 0 Å². The van der Waals surface area contributed by atoms with Crippen LogP contribution < -0.4 is 5.32 Å². The minimum Gasteiger partial charge on any atom is -0.508 e. The van der Waals surface area contributed by atoms with Crippen LogP contribution in [-0.4, -0.2) is 16.6 Å². The van der Waals surface area contributed by atoms with Crippen molar-refractivity contribution in [2.45, 2.75) is 12.0 Å². The third kappa shape index (κ3) is 2.37. The van der Waals surface area contributed by atoms with Crippen molar-refractivity contribution >= 4 is 22.2 Å². The second-order valence-corrected chi connectivity index (χ2v) is 7.48. The molecule has 3 nitrogen and oxygen atoms in total. The lowest BCUT2D eigenvalue weighted by Crippen LogP contribution is -2.33. The number of thiophene rings is 1. The number of nitrogens with one attached hydrogen (secondary N) is 2. The molecule has 4 aromatic rings. The number of aromatic hydroxyl groups is 1. The molecule has 3 N–H and O–H groups in total. The van der Waals surface area contributed by atoms with E-state index in [9.17, 15) is 5.11 Å². The molecule has 0 fully saturated rings. The number of hydrogen-bond acceptors (Lipinski definition) is 3. The molecule has 0 bridgehead atoms. The van der Waals surface area contributed by atoms with Gasteiger partial charge in [-0.25, -0.2) is 0 Å². The molecule has 0 saturated carbocycles. The van der Waals surface area contributed by atoms with Gasteiger partial charge in [-0.05, 0) is 40.8 Å². The molecule has 2 aromatic carbocycles. The minimum absolute atomic E-state index is 0.110. The Morgan fingerprint density at radius 1 is 0.960 bits per heavy atom. The van der Waals surface area contributed by atoms with Gasteiger partial charge in [-0.2, -0.15) is 0 Å². The Labute approximate surface area is 150 Å². The highest BCUT2D eigenvalue weighted by atomic mass is 32.1. The summed E-state index contributed by atoms with van der Waals surface area (Å²) in [5, 5.41) is 16.8. The van der Waals surface area contributed by atoms with E-state index < -0.39 is 0 Å². The monoisotopic (exact) mass is 346 g/mol. The number of aromatic amines is 1. The largest absolute Gasteiger partial charge is 0.508 e. The summed E-state index contributed by atoms with van der Waals surface area (Å²) < 4.78 is 0. The van der Waals surface area contributed by atoms with E-state index in [2.05, 4.69) is 52.1 Å². The number of rotatable bonds is 2.